The van der Waals surface area contributed by atoms with Gasteiger partial charge in [0.1, 0.15) is 0 Å². The predicted molar refractivity (Wildman–Crippen MR) is 76.6 cm³/mol. The van der Waals surface area contributed by atoms with E-state index in [9.17, 15) is 10.1 Å². The van der Waals surface area contributed by atoms with Crippen LogP contribution in [0.25, 0.3) is 0 Å². The Balaban J connectivity index is 2.68. The van der Waals surface area contributed by atoms with Crippen LogP contribution in [0.5, 0.6) is 5.75 Å². The molecule has 106 valence electrons. The Bertz CT molecular complexity index is 418. The highest BCUT2D eigenvalue weighted by Crippen LogP contribution is 2.28. The van der Waals surface area contributed by atoms with Crippen molar-refractivity contribution < 1.29 is 9.66 Å². The van der Waals surface area contributed by atoms with Gasteiger partial charge in [0.05, 0.1) is 11.5 Å². The van der Waals surface area contributed by atoms with Crippen molar-refractivity contribution in [2.24, 2.45) is 5.92 Å². The Hall–Kier alpha value is -1.58. The second kappa shape index (κ2) is 7.77. The van der Waals surface area contributed by atoms with E-state index in [1.807, 2.05) is 13.0 Å². The maximum Gasteiger partial charge on any atom is 0.311 e. The molecule has 0 N–H and O–H groups in total. The van der Waals surface area contributed by atoms with Crippen LogP contribution in [0, 0.1) is 23.0 Å². The third-order valence-corrected chi connectivity index (χ3v) is 3.33. The summed E-state index contributed by atoms with van der Waals surface area (Å²) in [5, 5.41) is 11.0. The molecule has 0 aromatic heterocycles. The van der Waals surface area contributed by atoms with Crippen molar-refractivity contribution in [3.8, 4) is 5.75 Å². The fourth-order valence-electron chi connectivity index (χ4n) is 2.00. The summed E-state index contributed by atoms with van der Waals surface area (Å²) in [6.07, 6.45) is 4.51. The summed E-state index contributed by atoms with van der Waals surface area (Å²) in [4.78, 5) is 10.6. The molecule has 0 amide bonds. The lowest BCUT2D eigenvalue weighted by atomic mass is 10.0. The van der Waals surface area contributed by atoms with Crippen LogP contribution in [0.2, 0.25) is 0 Å². The first kappa shape index (κ1) is 15.5. The van der Waals surface area contributed by atoms with Crippen LogP contribution in [0.15, 0.2) is 18.2 Å². The van der Waals surface area contributed by atoms with E-state index in [2.05, 4.69) is 13.8 Å². The fraction of sp³-hybridized carbons (Fsp3) is 0.600. The maximum absolute atomic E-state index is 11.0. The number of unbranched alkanes of at least 4 members (excludes halogenated alkanes) is 1. The van der Waals surface area contributed by atoms with Crippen molar-refractivity contribution in [3.63, 3.8) is 0 Å². The molecule has 0 aliphatic rings. The van der Waals surface area contributed by atoms with Crippen LogP contribution in [0.4, 0.5) is 5.69 Å². The summed E-state index contributed by atoms with van der Waals surface area (Å²) in [5.74, 6) is 0.853. The van der Waals surface area contributed by atoms with Crippen LogP contribution in [-0.2, 0) is 0 Å². The number of benzene rings is 1. The zero-order valence-electron chi connectivity index (χ0n) is 12.0. The molecule has 0 saturated carbocycles. The number of nitro benzene ring substituents is 1. The van der Waals surface area contributed by atoms with E-state index in [-0.39, 0.29) is 10.6 Å². The lowest BCUT2D eigenvalue weighted by Crippen LogP contribution is -2.12. The first-order valence-corrected chi connectivity index (χ1v) is 6.96. The van der Waals surface area contributed by atoms with Gasteiger partial charge < -0.3 is 4.74 Å². The number of hydrogen-bond acceptors (Lipinski definition) is 3. The molecule has 0 aliphatic carbocycles. The molecule has 0 bridgehead atoms. The standard InChI is InChI=1S/C15H23NO3/c1-4-6-7-13(5-2)11-19-15-9-8-12(3)10-14(15)16(17)18/h8-10,13H,4-7,11H2,1-3H3. The SMILES string of the molecule is CCCCC(CC)COc1ccc(C)cc1[N+](=O)[O-]. The summed E-state index contributed by atoms with van der Waals surface area (Å²) < 4.78 is 5.66. The second-order valence-electron chi connectivity index (χ2n) is 4.96. The molecule has 1 aromatic rings. The molecular weight excluding hydrogens is 242 g/mol. The quantitative estimate of drug-likeness (QED) is 0.513. The number of nitro groups is 1. The molecule has 0 saturated heterocycles. The van der Waals surface area contributed by atoms with E-state index in [0.29, 0.717) is 18.3 Å². The topological polar surface area (TPSA) is 52.4 Å². The van der Waals surface area contributed by atoms with Crippen molar-refractivity contribution in [2.45, 2.75) is 46.5 Å². The minimum Gasteiger partial charge on any atom is -0.487 e. The first-order valence-electron chi connectivity index (χ1n) is 6.96. The first-order chi connectivity index (χ1) is 9.08. The molecule has 1 atom stereocenters. The molecule has 0 spiro atoms. The Kier molecular flexibility index (Phi) is 6.33. The van der Waals surface area contributed by atoms with E-state index in [4.69, 9.17) is 4.74 Å². The molecule has 4 nitrogen and oxygen atoms in total. The van der Waals surface area contributed by atoms with E-state index in [1.165, 1.54) is 12.8 Å². The van der Waals surface area contributed by atoms with Crippen molar-refractivity contribution >= 4 is 5.69 Å². The molecular formula is C15H23NO3. The lowest BCUT2D eigenvalue weighted by molar-refractivity contribution is -0.386. The van der Waals surface area contributed by atoms with E-state index in [0.717, 1.165) is 18.4 Å². The van der Waals surface area contributed by atoms with Crippen LogP contribution in [0.3, 0.4) is 0 Å². The summed E-state index contributed by atoms with van der Waals surface area (Å²) in [6.45, 7) is 6.69. The van der Waals surface area contributed by atoms with Crippen molar-refractivity contribution in [3.05, 3.63) is 33.9 Å². The van der Waals surface area contributed by atoms with Gasteiger partial charge in [0.15, 0.2) is 5.75 Å². The normalized spacial score (nSPS) is 12.2. The fourth-order valence-corrected chi connectivity index (χ4v) is 2.00. The average molecular weight is 265 g/mol. The Morgan fingerprint density at radius 2 is 2.11 bits per heavy atom. The van der Waals surface area contributed by atoms with Gasteiger partial charge in [0.25, 0.3) is 0 Å². The van der Waals surface area contributed by atoms with Gasteiger partial charge in [-0.1, -0.05) is 39.2 Å². The van der Waals surface area contributed by atoms with Crippen molar-refractivity contribution in [2.75, 3.05) is 6.61 Å². The number of aryl methyl sites for hydroxylation is 1. The van der Waals surface area contributed by atoms with Gasteiger partial charge in [-0.15, -0.1) is 0 Å². The predicted octanol–water partition coefficient (Wildman–Crippen LogP) is 4.50. The average Bonchev–Trinajstić information content (AvgIpc) is 2.40. The molecule has 0 fully saturated rings. The van der Waals surface area contributed by atoms with Gasteiger partial charge >= 0.3 is 5.69 Å². The molecule has 0 aliphatic heterocycles. The molecule has 4 heteroatoms. The highest BCUT2D eigenvalue weighted by atomic mass is 16.6. The zero-order valence-corrected chi connectivity index (χ0v) is 12.0. The molecule has 0 radical (unpaired) electrons. The molecule has 1 rings (SSSR count). The van der Waals surface area contributed by atoms with E-state index >= 15 is 0 Å². The van der Waals surface area contributed by atoms with Gasteiger partial charge in [-0.2, -0.15) is 0 Å². The van der Waals surface area contributed by atoms with Crippen molar-refractivity contribution in [1.29, 1.82) is 0 Å². The second-order valence-corrected chi connectivity index (χ2v) is 4.96. The molecule has 0 heterocycles. The minimum atomic E-state index is -0.380. The molecule has 19 heavy (non-hydrogen) atoms. The summed E-state index contributed by atoms with van der Waals surface area (Å²) in [7, 11) is 0. The van der Waals surface area contributed by atoms with Crippen LogP contribution in [-0.4, -0.2) is 11.5 Å². The zero-order chi connectivity index (χ0) is 14.3. The van der Waals surface area contributed by atoms with Crippen molar-refractivity contribution in [1.82, 2.24) is 0 Å². The lowest BCUT2D eigenvalue weighted by Gasteiger charge is -2.15. The van der Waals surface area contributed by atoms with Gasteiger partial charge in [-0.25, -0.2) is 0 Å². The Labute approximate surface area is 114 Å². The largest absolute Gasteiger partial charge is 0.487 e. The minimum absolute atomic E-state index is 0.0605. The van der Waals surface area contributed by atoms with Crippen LogP contribution < -0.4 is 4.74 Å². The third-order valence-electron chi connectivity index (χ3n) is 3.33. The van der Waals surface area contributed by atoms with Gasteiger partial charge in [0, 0.05) is 6.07 Å². The number of ether oxygens (including phenoxy) is 1. The van der Waals surface area contributed by atoms with Crippen LogP contribution >= 0.6 is 0 Å². The molecule has 1 aromatic carbocycles. The third kappa shape index (κ3) is 4.89. The van der Waals surface area contributed by atoms with Gasteiger partial charge in [-0.05, 0) is 30.9 Å². The smallest absolute Gasteiger partial charge is 0.311 e. The monoisotopic (exact) mass is 265 g/mol. The molecule has 1 unspecified atom stereocenters. The number of rotatable bonds is 8. The summed E-state index contributed by atoms with van der Waals surface area (Å²) >= 11 is 0. The Morgan fingerprint density at radius 1 is 1.37 bits per heavy atom. The maximum atomic E-state index is 11.0. The highest BCUT2D eigenvalue weighted by Gasteiger charge is 2.16. The summed E-state index contributed by atoms with van der Waals surface area (Å²) in [5.41, 5.74) is 0.933. The van der Waals surface area contributed by atoms with Crippen LogP contribution in [0.1, 0.15) is 45.1 Å². The van der Waals surface area contributed by atoms with E-state index < -0.39 is 0 Å². The summed E-state index contributed by atoms with van der Waals surface area (Å²) in [6, 6.07) is 5.09. The van der Waals surface area contributed by atoms with Gasteiger partial charge in [-0.3, -0.25) is 10.1 Å². The highest BCUT2D eigenvalue weighted by molar-refractivity contribution is 5.48. The van der Waals surface area contributed by atoms with Gasteiger partial charge in [0.2, 0.25) is 0 Å². The number of hydrogen-bond donors (Lipinski definition) is 0. The number of nitrogens with zero attached hydrogens (tertiary/aromatic N) is 1. The van der Waals surface area contributed by atoms with E-state index in [1.54, 1.807) is 12.1 Å². The Morgan fingerprint density at radius 3 is 2.68 bits per heavy atom.